The van der Waals surface area contributed by atoms with Gasteiger partial charge in [0.15, 0.2) is 11.4 Å². The average Bonchev–Trinajstić information content (AvgIpc) is 2.48. The van der Waals surface area contributed by atoms with E-state index < -0.39 is 22.4 Å². The molecule has 27 heavy (non-hydrogen) atoms. The van der Waals surface area contributed by atoms with Crippen LogP contribution in [0, 0.1) is 22.7 Å². The second kappa shape index (κ2) is 6.13. The molecule has 3 rings (SSSR count). The summed E-state index contributed by atoms with van der Waals surface area (Å²) < 4.78 is 12.3. The van der Waals surface area contributed by atoms with Gasteiger partial charge in [-0.2, -0.15) is 0 Å². The van der Waals surface area contributed by atoms with E-state index in [2.05, 4.69) is 0 Å². The first-order valence-electron chi connectivity index (χ1n) is 10.2. The van der Waals surface area contributed by atoms with Gasteiger partial charge in [-0.15, -0.1) is 0 Å². The standard InChI is InChI=1S/C22H34O5/c1-13-11-16(24)21-10-8-9-15(23)22(21,27-18(25)19(2,3)4)12-14(21)17(13)26-20(5,6)7/h13-14,17H,8-12H2,1-7H3/t13-,14-,17-,21-,22+/m1/s1. The molecule has 5 nitrogen and oxygen atoms in total. The Kier molecular flexibility index (Phi) is 4.66. The van der Waals surface area contributed by atoms with Crippen molar-refractivity contribution >= 4 is 17.5 Å². The van der Waals surface area contributed by atoms with Gasteiger partial charge in [-0.3, -0.25) is 14.4 Å². The number of Topliss-reactive ketones (excluding diaryl/α,β-unsaturated/α-hetero) is 2. The molecule has 0 bridgehead atoms. The normalized spacial score (nSPS) is 39.3. The third-order valence-corrected chi connectivity index (χ3v) is 6.62. The summed E-state index contributed by atoms with van der Waals surface area (Å²) in [7, 11) is 0. The van der Waals surface area contributed by atoms with Gasteiger partial charge in [-0.1, -0.05) is 6.92 Å². The highest BCUT2D eigenvalue weighted by Gasteiger charge is 2.78. The maximum atomic E-state index is 13.3. The molecular formula is C22H34O5. The summed E-state index contributed by atoms with van der Waals surface area (Å²) >= 11 is 0. The lowest BCUT2D eigenvalue weighted by molar-refractivity contribution is -0.275. The third kappa shape index (κ3) is 2.97. The van der Waals surface area contributed by atoms with Crippen LogP contribution in [0.25, 0.3) is 0 Å². The van der Waals surface area contributed by atoms with Crippen molar-refractivity contribution in [3.05, 3.63) is 0 Å². The van der Waals surface area contributed by atoms with Crippen molar-refractivity contribution in [2.75, 3.05) is 0 Å². The Morgan fingerprint density at radius 1 is 1.07 bits per heavy atom. The Balaban J connectivity index is 2.01. The Morgan fingerprint density at radius 2 is 1.70 bits per heavy atom. The Hall–Kier alpha value is -1.23. The largest absolute Gasteiger partial charge is 0.450 e. The summed E-state index contributed by atoms with van der Waals surface area (Å²) in [6, 6.07) is 0. The Labute approximate surface area is 162 Å². The fourth-order valence-electron chi connectivity index (χ4n) is 5.38. The van der Waals surface area contributed by atoms with Gasteiger partial charge in [-0.05, 0) is 60.3 Å². The van der Waals surface area contributed by atoms with Crippen LogP contribution in [-0.2, 0) is 23.9 Å². The van der Waals surface area contributed by atoms with Crippen LogP contribution >= 0.6 is 0 Å². The molecule has 3 saturated carbocycles. The summed E-state index contributed by atoms with van der Waals surface area (Å²) in [5.74, 6) is -0.379. The highest BCUT2D eigenvalue weighted by molar-refractivity contribution is 6.03. The van der Waals surface area contributed by atoms with E-state index in [9.17, 15) is 14.4 Å². The summed E-state index contributed by atoms with van der Waals surface area (Å²) in [5.41, 5.74) is -3.23. The maximum absolute atomic E-state index is 13.3. The number of hydrogen-bond acceptors (Lipinski definition) is 5. The van der Waals surface area contributed by atoms with Gasteiger partial charge in [0.25, 0.3) is 0 Å². The van der Waals surface area contributed by atoms with E-state index >= 15 is 0 Å². The van der Waals surface area contributed by atoms with E-state index in [4.69, 9.17) is 9.47 Å². The monoisotopic (exact) mass is 378 g/mol. The van der Waals surface area contributed by atoms with Gasteiger partial charge in [0.2, 0.25) is 0 Å². The Morgan fingerprint density at radius 3 is 2.26 bits per heavy atom. The van der Waals surface area contributed by atoms with Crippen LogP contribution in [0.2, 0.25) is 0 Å². The molecule has 0 heterocycles. The number of ether oxygens (including phenoxy) is 2. The van der Waals surface area contributed by atoms with Crippen molar-refractivity contribution in [1.82, 2.24) is 0 Å². The number of esters is 1. The lowest BCUT2D eigenvalue weighted by Crippen LogP contribution is -2.78. The number of carbonyl (C=O) groups excluding carboxylic acids is 3. The molecule has 0 aliphatic heterocycles. The molecule has 3 aliphatic carbocycles. The minimum absolute atomic E-state index is 0.0648. The second-order valence-corrected chi connectivity index (χ2v) is 10.8. The van der Waals surface area contributed by atoms with Crippen molar-refractivity contribution < 1.29 is 23.9 Å². The fraction of sp³-hybridized carbons (Fsp3) is 0.864. The fourth-order valence-corrected chi connectivity index (χ4v) is 5.38. The average molecular weight is 379 g/mol. The van der Waals surface area contributed by atoms with Crippen molar-refractivity contribution in [2.24, 2.45) is 22.7 Å². The molecule has 0 radical (unpaired) electrons. The van der Waals surface area contributed by atoms with Gasteiger partial charge >= 0.3 is 5.97 Å². The molecule has 0 amide bonds. The molecule has 3 fully saturated rings. The minimum Gasteiger partial charge on any atom is -0.450 e. The van der Waals surface area contributed by atoms with E-state index in [0.717, 1.165) is 0 Å². The first kappa shape index (κ1) is 20.5. The quantitative estimate of drug-likeness (QED) is 0.682. The number of hydrogen-bond donors (Lipinski definition) is 0. The number of carbonyl (C=O) groups is 3. The van der Waals surface area contributed by atoms with Gasteiger partial charge in [0, 0.05) is 25.2 Å². The molecule has 0 aromatic carbocycles. The van der Waals surface area contributed by atoms with E-state index in [1.165, 1.54) is 0 Å². The Bertz CT molecular complexity index is 667. The lowest BCUT2D eigenvalue weighted by atomic mass is 9.38. The lowest BCUT2D eigenvalue weighted by Gasteiger charge is -2.67. The van der Waals surface area contributed by atoms with Crippen molar-refractivity contribution in [1.29, 1.82) is 0 Å². The molecular weight excluding hydrogens is 344 g/mol. The van der Waals surface area contributed by atoms with Crippen LogP contribution in [0.3, 0.4) is 0 Å². The van der Waals surface area contributed by atoms with Gasteiger partial charge in [-0.25, -0.2) is 0 Å². The highest BCUT2D eigenvalue weighted by Crippen LogP contribution is 2.68. The van der Waals surface area contributed by atoms with Gasteiger partial charge in [0.05, 0.1) is 22.5 Å². The van der Waals surface area contributed by atoms with Crippen LogP contribution in [-0.4, -0.2) is 34.8 Å². The zero-order valence-electron chi connectivity index (χ0n) is 17.8. The summed E-state index contributed by atoms with van der Waals surface area (Å²) in [6.07, 6.45) is 2.33. The summed E-state index contributed by atoms with van der Waals surface area (Å²) in [6.45, 7) is 13.4. The molecule has 0 aromatic rings. The van der Waals surface area contributed by atoms with Crippen LogP contribution in [0.4, 0.5) is 0 Å². The van der Waals surface area contributed by atoms with Crippen LogP contribution < -0.4 is 0 Å². The molecule has 5 heteroatoms. The summed E-state index contributed by atoms with van der Waals surface area (Å²) in [4.78, 5) is 39.1. The number of rotatable bonds is 2. The molecule has 5 atom stereocenters. The molecule has 0 saturated heterocycles. The SMILES string of the molecule is C[C@@H]1CC(=O)[C@]23CCCC(=O)[C@@]2(OC(=O)C(C)(C)C)C[C@@H]3[C@@H]1OC(C)(C)C. The topological polar surface area (TPSA) is 69.7 Å². The van der Waals surface area contributed by atoms with Crippen molar-refractivity contribution in [3.8, 4) is 0 Å². The summed E-state index contributed by atoms with van der Waals surface area (Å²) in [5, 5.41) is 0. The molecule has 1 spiro atoms. The zero-order valence-corrected chi connectivity index (χ0v) is 17.8. The predicted octanol–water partition coefficient (Wildman–Crippen LogP) is 3.87. The maximum Gasteiger partial charge on any atom is 0.312 e. The van der Waals surface area contributed by atoms with Crippen LogP contribution in [0.15, 0.2) is 0 Å². The van der Waals surface area contributed by atoms with E-state index in [1.54, 1.807) is 20.8 Å². The molecule has 0 N–H and O–H groups in total. The first-order chi connectivity index (χ1) is 12.2. The molecule has 3 aliphatic rings. The molecule has 152 valence electrons. The second-order valence-electron chi connectivity index (χ2n) is 10.8. The zero-order chi connectivity index (χ0) is 20.4. The van der Waals surface area contributed by atoms with E-state index in [0.29, 0.717) is 32.1 Å². The van der Waals surface area contributed by atoms with Crippen molar-refractivity contribution in [2.45, 2.75) is 97.9 Å². The molecule has 0 aromatic heterocycles. The van der Waals surface area contributed by atoms with Gasteiger partial charge < -0.3 is 9.47 Å². The number of ketones is 2. The minimum atomic E-state index is -1.28. The van der Waals surface area contributed by atoms with Crippen molar-refractivity contribution in [3.63, 3.8) is 0 Å². The smallest absolute Gasteiger partial charge is 0.312 e. The highest BCUT2D eigenvalue weighted by atomic mass is 16.6. The predicted molar refractivity (Wildman–Crippen MR) is 101 cm³/mol. The van der Waals surface area contributed by atoms with E-state index in [1.807, 2.05) is 27.7 Å². The third-order valence-electron chi connectivity index (χ3n) is 6.62. The van der Waals surface area contributed by atoms with Gasteiger partial charge in [0.1, 0.15) is 5.78 Å². The molecule has 0 unspecified atom stereocenters. The first-order valence-corrected chi connectivity index (χ1v) is 10.2. The van der Waals surface area contributed by atoms with Crippen LogP contribution in [0.5, 0.6) is 0 Å². The van der Waals surface area contributed by atoms with E-state index in [-0.39, 0.29) is 35.1 Å². The van der Waals surface area contributed by atoms with Crippen LogP contribution in [0.1, 0.15) is 80.6 Å².